The quantitative estimate of drug-likeness (QED) is 0.718. The molecule has 6 heteroatoms. The summed E-state index contributed by atoms with van der Waals surface area (Å²) in [6, 6.07) is 0.430. The van der Waals surface area contributed by atoms with E-state index in [0.29, 0.717) is 16.6 Å². The van der Waals surface area contributed by atoms with Crippen molar-refractivity contribution in [3.05, 3.63) is 4.88 Å². The van der Waals surface area contributed by atoms with Gasteiger partial charge in [0.25, 0.3) is 5.91 Å². The SMILES string of the molecule is CSc1c(NC(C)C2CC2)sc(C(N)=O)c1N. The standard InChI is InChI=1S/C11H17N3OS2/c1-5(6-3-4-6)14-11-9(16-2)7(12)8(17-11)10(13)15/h5-6,14H,3-4,12H2,1-2H3,(H2,13,15). The summed E-state index contributed by atoms with van der Waals surface area (Å²) in [7, 11) is 0. The van der Waals surface area contributed by atoms with Gasteiger partial charge in [-0.3, -0.25) is 4.79 Å². The lowest BCUT2D eigenvalue weighted by Gasteiger charge is -2.13. The molecule has 94 valence electrons. The number of thiophene rings is 1. The van der Waals surface area contributed by atoms with Crippen LogP contribution >= 0.6 is 23.1 Å². The summed E-state index contributed by atoms with van der Waals surface area (Å²) in [6.45, 7) is 2.17. The van der Waals surface area contributed by atoms with E-state index in [0.717, 1.165) is 15.8 Å². The molecule has 0 bridgehead atoms. The van der Waals surface area contributed by atoms with E-state index in [-0.39, 0.29) is 0 Å². The number of nitrogens with one attached hydrogen (secondary N) is 1. The molecule has 1 heterocycles. The molecule has 1 atom stereocenters. The Morgan fingerprint density at radius 2 is 2.24 bits per heavy atom. The van der Waals surface area contributed by atoms with E-state index in [2.05, 4.69) is 12.2 Å². The van der Waals surface area contributed by atoms with Gasteiger partial charge in [0.05, 0.1) is 10.6 Å². The van der Waals surface area contributed by atoms with Crippen molar-refractivity contribution in [2.24, 2.45) is 11.7 Å². The van der Waals surface area contributed by atoms with Crippen molar-refractivity contribution in [3.8, 4) is 0 Å². The van der Waals surface area contributed by atoms with E-state index in [9.17, 15) is 4.79 Å². The molecule has 0 spiro atoms. The highest BCUT2D eigenvalue weighted by atomic mass is 32.2. The first-order valence-corrected chi connectivity index (χ1v) is 7.61. The van der Waals surface area contributed by atoms with Gasteiger partial charge < -0.3 is 16.8 Å². The summed E-state index contributed by atoms with van der Waals surface area (Å²) in [5.41, 5.74) is 11.8. The molecular weight excluding hydrogens is 254 g/mol. The maximum atomic E-state index is 11.3. The highest BCUT2D eigenvalue weighted by Gasteiger charge is 2.29. The molecule has 5 N–H and O–H groups in total. The predicted octanol–water partition coefficient (Wildman–Crippen LogP) is 2.36. The molecule has 1 unspecified atom stereocenters. The van der Waals surface area contributed by atoms with Gasteiger partial charge in [0.1, 0.15) is 9.88 Å². The fraction of sp³-hybridized carbons (Fsp3) is 0.545. The van der Waals surface area contributed by atoms with Gasteiger partial charge in [0.2, 0.25) is 0 Å². The monoisotopic (exact) mass is 271 g/mol. The molecule has 0 aliphatic heterocycles. The van der Waals surface area contributed by atoms with Gasteiger partial charge in [-0.1, -0.05) is 0 Å². The van der Waals surface area contributed by atoms with Crippen molar-refractivity contribution in [2.75, 3.05) is 17.3 Å². The summed E-state index contributed by atoms with van der Waals surface area (Å²) >= 11 is 2.91. The Balaban J connectivity index is 2.25. The second-order valence-electron chi connectivity index (χ2n) is 4.34. The number of amides is 1. The molecule has 2 rings (SSSR count). The molecule has 0 aromatic carbocycles. The van der Waals surface area contributed by atoms with Gasteiger partial charge in [-0.25, -0.2) is 0 Å². The molecule has 0 saturated heterocycles. The molecule has 1 aliphatic rings. The van der Waals surface area contributed by atoms with Crippen molar-refractivity contribution in [2.45, 2.75) is 30.7 Å². The number of carbonyl (C=O) groups excluding carboxylic acids is 1. The zero-order chi connectivity index (χ0) is 12.6. The van der Waals surface area contributed by atoms with Crippen LogP contribution in [0.25, 0.3) is 0 Å². The summed E-state index contributed by atoms with van der Waals surface area (Å²) in [5.74, 6) is 0.306. The lowest BCUT2D eigenvalue weighted by atomic mass is 10.2. The minimum atomic E-state index is -0.449. The molecule has 1 fully saturated rings. The van der Waals surface area contributed by atoms with Gasteiger partial charge in [-0.05, 0) is 31.9 Å². The minimum absolute atomic E-state index is 0.430. The van der Waals surface area contributed by atoms with E-state index >= 15 is 0 Å². The molecule has 1 aliphatic carbocycles. The summed E-state index contributed by atoms with van der Waals surface area (Å²) in [6.07, 6.45) is 4.52. The maximum Gasteiger partial charge on any atom is 0.261 e. The van der Waals surface area contributed by atoms with Gasteiger partial charge >= 0.3 is 0 Å². The third-order valence-electron chi connectivity index (χ3n) is 3.02. The van der Waals surface area contributed by atoms with E-state index in [1.54, 1.807) is 11.8 Å². The number of carbonyl (C=O) groups is 1. The van der Waals surface area contributed by atoms with E-state index in [1.807, 2.05) is 6.26 Å². The number of thioether (sulfide) groups is 1. The van der Waals surface area contributed by atoms with E-state index < -0.39 is 5.91 Å². The number of anilines is 2. The Hall–Kier alpha value is -0.880. The Kier molecular flexibility index (Phi) is 3.53. The van der Waals surface area contributed by atoms with Crippen LogP contribution in [-0.4, -0.2) is 18.2 Å². The highest BCUT2D eigenvalue weighted by molar-refractivity contribution is 7.99. The highest BCUT2D eigenvalue weighted by Crippen LogP contribution is 2.43. The number of nitrogens with two attached hydrogens (primary N) is 2. The van der Waals surface area contributed by atoms with Crippen LogP contribution in [0.5, 0.6) is 0 Å². The number of primary amides is 1. The van der Waals surface area contributed by atoms with Crippen LogP contribution in [0, 0.1) is 5.92 Å². The summed E-state index contributed by atoms with van der Waals surface area (Å²) in [4.78, 5) is 12.7. The average molecular weight is 271 g/mol. The second kappa shape index (κ2) is 4.78. The Labute approximate surface area is 109 Å². The topological polar surface area (TPSA) is 81.1 Å². The van der Waals surface area contributed by atoms with Crippen LogP contribution in [0.1, 0.15) is 29.4 Å². The third-order valence-corrected chi connectivity index (χ3v) is 5.13. The third kappa shape index (κ3) is 2.52. The van der Waals surface area contributed by atoms with Crippen molar-refractivity contribution in [1.29, 1.82) is 0 Å². The van der Waals surface area contributed by atoms with E-state index in [1.165, 1.54) is 24.2 Å². The van der Waals surface area contributed by atoms with Crippen LogP contribution in [0.15, 0.2) is 4.90 Å². The average Bonchev–Trinajstić information content (AvgIpc) is 3.05. The van der Waals surface area contributed by atoms with Gasteiger partial charge in [-0.2, -0.15) is 0 Å². The fourth-order valence-corrected chi connectivity index (χ4v) is 3.80. The first-order chi connectivity index (χ1) is 8.04. The van der Waals surface area contributed by atoms with Gasteiger partial charge in [-0.15, -0.1) is 23.1 Å². The zero-order valence-electron chi connectivity index (χ0n) is 9.95. The number of hydrogen-bond acceptors (Lipinski definition) is 5. The normalized spacial score (nSPS) is 16.8. The smallest absolute Gasteiger partial charge is 0.261 e. The molecule has 1 aromatic heterocycles. The molecule has 1 aromatic rings. The Bertz CT molecular complexity index is 440. The first-order valence-electron chi connectivity index (χ1n) is 5.57. The summed E-state index contributed by atoms with van der Waals surface area (Å²) in [5, 5.41) is 4.42. The summed E-state index contributed by atoms with van der Waals surface area (Å²) < 4.78 is 0. The number of rotatable bonds is 5. The molecule has 4 nitrogen and oxygen atoms in total. The lowest BCUT2D eigenvalue weighted by Crippen LogP contribution is -2.16. The molecule has 0 radical (unpaired) electrons. The van der Waals surface area contributed by atoms with Crippen molar-refractivity contribution < 1.29 is 4.79 Å². The fourth-order valence-electron chi connectivity index (χ4n) is 1.83. The Morgan fingerprint density at radius 1 is 1.59 bits per heavy atom. The maximum absolute atomic E-state index is 11.3. The lowest BCUT2D eigenvalue weighted by molar-refractivity contribution is 0.100. The van der Waals surface area contributed by atoms with Crippen LogP contribution < -0.4 is 16.8 Å². The molecular formula is C11H17N3OS2. The van der Waals surface area contributed by atoms with Crippen molar-refractivity contribution in [1.82, 2.24) is 0 Å². The largest absolute Gasteiger partial charge is 0.396 e. The molecule has 1 amide bonds. The number of hydrogen-bond donors (Lipinski definition) is 3. The van der Waals surface area contributed by atoms with Crippen molar-refractivity contribution in [3.63, 3.8) is 0 Å². The van der Waals surface area contributed by atoms with Crippen LogP contribution in [-0.2, 0) is 0 Å². The van der Waals surface area contributed by atoms with Crippen LogP contribution in [0.3, 0.4) is 0 Å². The van der Waals surface area contributed by atoms with Gasteiger partial charge in [0, 0.05) is 6.04 Å². The number of nitrogen functional groups attached to an aromatic ring is 1. The predicted molar refractivity (Wildman–Crippen MR) is 74.8 cm³/mol. The zero-order valence-corrected chi connectivity index (χ0v) is 11.6. The van der Waals surface area contributed by atoms with E-state index in [4.69, 9.17) is 11.5 Å². The Morgan fingerprint density at radius 3 is 2.71 bits per heavy atom. The second-order valence-corrected chi connectivity index (χ2v) is 6.18. The molecule has 17 heavy (non-hydrogen) atoms. The molecule has 1 saturated carbocycles. The first kappa shape index (κ1) is 12.6. The minimum Gasteiger partial charge on any atom is -0.396 e. The van der Waals surface area contributed by atoms with Crippen LogP contribution in [0.4, 0.5) is 10.7 Å². The van der Waals surface area contributed by atoms with Crippen LogP contribution in [0.2, 0.25) is 0 Å². The van der Waals surface area contributed by atoms with Gasteiger partial charge in [0.15, 0.2) is 0 Å². The van der Waals surface area contributed by atoms with Crippen molar-refractivity contribution >= 4 is 39.7 Å².